The lowest BCUT2D eigenvalue weighted by Crippen LogP contribution is -2.14. The van der Waals surface area contributed by atoms with Crippen LogP contribution in [0.4, 0.5) is 4.39 Å². The third-order valence-corrected chi connectivity index (χ3v) is 6.31. The van der Waals surface area contributed by atoms with E-state index in [0.717, 1.165) is 38.1 Å². The Morgan fingerprint density at radius 1 is 1.03 bits per heavy atom. The molecule has 1 aromatic heterocycles. The maximum atomic E-state index is 13.6. The highest BCUT2D eigenvalue weighted by Crippen LogP contribution is 2.29. The van der Waals surface area contributed by atoms with Gasteiger partial charge >= 0.3 is 5.97 Å². The molecule has 0 aliphatic rings. The van der Waals surface area contributed by atoms with Crippen LogP contribution in [0.1, 0.15) is 23.6 Å². The number of fused-ring (bicyclic) bond motifs is 1. The van der Waals surface area contributed by atoms with Crippen LogP contribution in [0.2, 0.25) is 0 Å². The van der Waals surface area contributed by atoms with Crippen molar-refractivity contribution in [1.82, 2.24) is 4.98 Å². The van der Waals surface area contributed by atoms with Crippen LogP contribution < -0.4 is 4.74 Å². The minimum Gasteiger partial charge on any atom is -0.482 e. The van der Waals surface area contributed by atoms with Crippen LogP contribution >= 0.6 is 11.8 Å². The lowest BCUT2D eigenvalue weighted by molar-refractivity contribution is -0.145. The van der Waals surface area contributed by atoms with E-state index in [1.807, 2.05) is 55.6 Å². The highest BCUT2D eigenvalue weighted by molar-refractivity contribution is 7.99. The molecule has 6 heteroatoms. The number of halogens is 1. The van der Waals surface area contributed by atoms with Gasteiger partial charge in [-0.05, 0) is 73.0 Å². The zero-order chi connectivity index (χ0) is 24.6. The highest BCUT2D eigenvalue weighted by atomic mass is 32.2. The van der Waals surface area contributed by atoms with E-state index in [9.17, 15) is 9.18 Å². The Bertz CT molecular complexity index is 1350. The molecule has 0 aliphatic heterocycles. The number of carbonyl (C=O) groups excluding carboxylic acids is 1. The molecular formula is C29H26FNO3S. The highest BCUT2D eigenvalue weighted by Gasteiger charge is 2.09. The normalized spacial score (nSPS) is 11.5. The Labute approximate surface area is 208 Å². The van der Waals surface area contributed by atoms with E-state index in [2.05, 4.69) is 17.1 Å². The molecule has 0 saturated carbocycles. The number of nitrogens with zero attached hydrogens (tertiary/aromatic N) is 1. The first-order valence-electron chi connectivity index (χ1n) is 11.4. The fourth-order valence-corrected chi connectivity index (χ4v) is 4.55. The van der Waals surface area contributed by atoms with Crippen molar-refractivity contribution in [2.24, 2.45) is 0 Å². The number of hydrogen-bond donors (Lipinski definition) is 0. The van der Waals surface area contributed by atoms with Gasteiger partial charge < -0.3 is 9.47 Å². The Balaban J connectivity index is 1.52. The van der Waals surface area contributed by atoms with E-state index >= 15 is 0 Å². The summed E-state index contributed by atoms with van der Waals surface area (Å²) < 4.78 is 24.1. The second kappa shape index (κ2) is 11.7. The summed E-state index contributed by atoms with van der Waals surface area (Å²) in [6, 6.07) is 22.5. The van der Waals surface area contributed by atoms with Gasteiger partial charge in [0.1, 0.15) is 11.6 Å². The van der Waals surface area contributed by atoms with E-state index in [1.165, 1.54) is 12.1 Å². The summed E-state index contributed by atoms with van der Waals surface area (Å²) in [5.74, 6) is 0.723. The quantitative estimate of drug-likeness (QED) is 0.191. The van der Waals surface area contributed by atoms with Gasteiger partial charge in [0.25, 0.3) is 0 Å². The molecule has 178 valence electrons. The number of rotatable bonds is 9. The summed E-state index contributed by atoms with van der Waals surface area (Å²) in [6.07, 6.45) is 4.01. The van der Waals surface area contributed by atoms with Crippen molar-refractivity contribution in [3.8, 4) is 5.75 Å². The number of para-hydroxylation sites is 1. The molecule has 0 atom stereocenters. The number of benzene rings is 3. The third kappa shape index (κ3) is 6.49. The average molecular weight is 488 g/mol. The van der Waals surface area contributed by atoms with Crippen molar-refractivity contribution in [3.63, 3.8) is 0 Å². The van der Waals surface area contributed by atoms with Crippen LogP contribution in [0.5, 0.6) is 5.75 Å². The van der Waals surface area contributed by atoms with Gasteiger partial charge in [0.15, 0.2) is 6.61 Å². The molecule has 0 amide bonds. The van der Waals surface area contributed by atoms with E-state index < -0.39 is 0 Å². The van der Waals surface area contributed by atoms with Gasteiger partial charge in [-0.2, -0.15) is 0 Å². The fraction of sp³-hybridized carbons (Fsp3) is 0.172. The van der Waals surface area contributed by atoms with Crippen molar-refractivity contribution < 1.29 is 18.7 Å². The van der Waals surface area contributed by atoms with Gasteiger partial charge in [-0.3, -0.25) is 4.98 Å². The zero-order valence-electron chi connectivity index (χ0n) is 19.7. The lowest BCUT2D eigenvalue weighted by Gasteiger charge is -2.11. The standard InChI is InChI=1S/C29H26FNO3S/c1-3-33-29(32)19-34-28-13-12-25(16-20(28)2)35-15-14-26(21-8-10-24(30)11-9-21)23-17-22-6-4-5-7-27(22)31-18-23/h4-14,16-18H,3,15,19H2,1-2H3/b26-14+. The predicted molar refractivity (Wildman–Crippen MR) is 139 cm³/mol. The van der Waals surface area contributed by atoms with Crippen molar-refractivity contribution in [3.05, 3.63) is 108 Å². The largest absolute Gasteiger partial charge is 0.482 e. The molecule has 4 aromatic rings. The van der Waals surface area contributed by atoms with Gasteiger partial charge in [0.2, 0.25) is 0 Å². The van der Waals surface area contributed by atoms with Crippen LogP contribution in [0.15, 0.2) is 90.0 Å². The minimum atomic E-state index is -0.382. The molecule has 0 aliphatic carbocycles. The second-order valence-electron chi connectivity index (χ2n) is 7.87. The number of thioether (sulfide) groups is 1. The Kier molecular flexibility index (Phi) is 8.16. The Morgan fingerprint density at radius 2 is 1.83 bits per heavy atom. The first kappa shape index (κ1) is 24.5. The van der Waals surface area contributed by atoms with Crippen molar-refractivity contribution >= 4 is 34.2 Å². The van der Waals surface area contributed by atoms with Crippen LogP contribution in [-0.2, 0) is 9.53 Å². The SMILES string of the molecule is CCOC(=O)COc1ccc(SC/C=C(\c2ccc(F)cc2)c2cnc3ccccc3c2)cc1C. The number of esters is 1. The minimum absolute atomic E-state index is 0.106. The molecule has 0 radical (unpaired) electrons. The Hall–Kier alpha value is -3.64. The molecule has 0 fully saturated rings. The van der Waals surface area contributed by atoms with Gasteiger partial charge in [-0.25, -0.2) is 9.18 Å². The first-order chi connectivity index (χ1) is 17.0. The predicted octanol–water partition coefficient (Wildman–Crippen LogP) is 6.85. The molecule has 0 N–H and O–H groups in total. The van der Waals surface area contributed by atoms with Crippen molar-refractivity contribution in [2.75, 3.05) is 19.0 Å². The van der Waals surface area contributed by atoms with Gasteiger partial charge in [-0.1, -0.05) is 36.4 Å². The molecule has 3 aromatic carbocycles. The summed E-state index contributed by atoms with van der Waals surface area (Å²) in [7, 11) is 0. The summed E-state index contributed by atoms with van der Waals surface area (Å²) in [6.45, 7) is 3.94. The number of hydrogen-bond acceptors (Lipinski definition) is 5. The average Bonchev–Trinajstić information content (AvgIpc) is 2.87. The monoisotopic (exact) mass is 487 g/mol. The molecule has 0 bridgehead atoms. The van der Waals surface area contributed by atoms with Crippen LogP contribution in [-0.4, -0.2) is 29.9 Å². The smallest absolute Gasteiger partial charge is 0.344 e. The molecule has 0 saturated heterocycles. The Morgan fingerprint density at radius 3 is 2.60 bits per heavy atom. The third-order valence-electron chi connectivity index (χ3n) is 5.39. The first-order valence-corrected chi connectivity index (χ1v) is 12.3. The maximum absolute atomic E-state index is 13.6. The van der Waals surface area contributed by atoms with Gasteiger partial charge in [-0.15, -0.1) is 11.8 Å². The van der Waals surface area contributed by atoms with Crippen LogP contribution in [0, 0.1) is 12.7 Å². The van der Waals surface area contributed by atoms with Crippen LogP contribution in [0.3, 0.4) is 0 Å². The summed E-state index contributed by atoms with van der Waals surface area (Å²) in [4.78, 5) is 17.2. The second-order valence-corrected chi connectivity index (χ2v) is 8.97. The number of carbonyl (C=O) groups is 1. The molecule has 4 rings (SSSR count). The number of pyridine rings is 1. The van der Waals surface area contributed by atoms with Crippen molar-refractivity contribution in [1.29, 1.82) is 0 Å². The van der Waals surface area contributed by atoms with E-state index in [4.69, 9.17) is 9.47 Å². The molecule has 1 heterocycles. The molecular weight excluding hydrogens is 461 g/mol. The number of aryl methyl sites for hydroxylation is 1. The number of aromatic nitrogens is 1. The molecule has 0 unspecified atom stereocenters. The van der Waals surface area contributed by atoms with Gasteiger partial charge in [0, 0.05) is 27.8 Å². The van der Waals surface area contributed by atoms with E-state index in [1.54, 1.807) is 30.8 Å². The lowest BCUT2D eigenvalue weighted by atomic mass is 9.98. The van der Waals surface area contributed by atoms with E-state index in [0.29, 0.717) is 18.1 Å². The molecule has 0 spiro atoms. The van der Waals surface area contributed by atoms with Gasteiger partial charge in [0.05, 0.1) is 12.1 Å². The zero-order valence-corrected chi connectivity index (χ0v) is 20.5. The molecule has 4 nitrogen and oxygen atoms in total. The maximum Gasteiger partial charge on any atom is 0.344 e. The molecule has 35 heavy (non-hydrogen) atoms. The fourth-order valence-electron chi connectivity index (χ4n) is 3.68. The topological polar surface area (TPSA) is 48.4 Å². The summed E-state index contributed by atoms with van der Waals surface area (Å²) >= 11 is 1.68. The summed E-state index contributed by atoms with van der Waals surface area (Å²) in [5, 5.41) is 1.06. The number of ether oxygens (including phenoxy) is 2. The van der Waals surface area contributed by atoms with Crippen molar-refractivity contribution in [2.45, 2.75) is 18.7 Å². The summed E-state index contributed by atoms with van der Waals surface area (Å²) in [5.41, 5.74) is 4.80. The van der Waals surface area contributed by atoms with E-state index in [-0.39, 0.29) is 18.4 Å². The van der Waals surface area contributed by atoms with Crippen LogP contribution in [0.25, 0.3) is 16.5 Å².